The van der Waals surface area contributed by atoms with Gasteiger partial charge in [0, 0.05) is 18.5 Å². The molecule has 1 heterocycles. The Labute approximate surface area is 105 Å². The maximum absolute atomic E-state index is 11.9. The third-order valence-electron chi connectivity index (χ3n) is 2.76. The molecule has 1 aromatic rings. The summed E-state index contributed by atoms with van der Waals surface area (Å²) in [5.41, 5.74) is 1.40. The van der Waals surface area contributed by atoms with Crippen LogP contribution in [-0.4, -0.2) is 32.0 Å². The minimum Gasteiger partial charge on any atom is -0.490 e. The van der Waals surface area contributed by atoms with Crippen molar-refractivity contribution in [2.75, 3.05) is 25.6 Å². The molecule has 5 nitrogen and oxygen atoms in total. The van der Waals surface area contributed by atoms with Crippen molar-refractivity contribution in [1.29, 1.82) is 0 Å². The number of hydrogen-bond acceptors (Lipinski definition) is 5. The zero-order valence-electron chi connectivity index (χ0n) is 10.2. The topological polar surface area (TPSA) is 64.6 Å². The number of Topliss-reactive ketones (excluding diaryl/α,β-unsaturated/α-hetero) is 1. The summed E-state index contributed by atoms with van der Waals surface area (Å²) in [5.74, 6) is 0.309. The Morgan fingerprint density at radius 1 is 1.39 bits per heavy atom. The summed E-state index contributed by atoms with van der Waals surface area (Å²) in [5, 5.41) is 3.17. The van der Waals surface area contributed by atoms with E-state index in [0.29, 0.717) is 12.2 Å². The number of rotatable bonds is 4. The molecule has 0 spiro atoms. The zero-order valence-corrected chi connectivity index (χ0v) is 10.2. The summed E-state index contributed by atoms with van der Waals surface area (Å²) in [6.07, 6.45) is 0.267. The van der Waals surface area contributed by atoms with E-state index >= 15 is 0 Å². The van der Waals surface area contributed by atoms with Crippen LogP contribution in [0.5, 0.6) is 5.75 Å². The van der Waals surface area contributed by atoms with Gasteiger partial charge in [-0.2, -0.15) is 0 Å². The van der Waals surface area contributed by atoms with Crippen LogP contribution in [0.15, 0.2) is 18.2 Å². The summed E-state index contributed by atoms with van der Waals surface area (Å²) < 4.78 is 9.93. The summed E-state index contributed by atoms with van der Waals surface area (Å²) >= 11 is 0. The number of ether oxygens (including phenoxy) is 2. The Bertz CT molecular complexity index is 470. The normalized spacial score (nSPS) is 12.9. The Morgan fingerprint density at radius 3 is 3.00 bits per heavy atom. The SMILES string of the molecule is COC(=O)CCC(=O)c1ccc2c(c1)NCCO2. The third kappa shape index (κ3) is 2.80. The van der Waals surface area contributed by atoms with Crippen molar-refractivity contribution in [2.45, 2.75) is 12.8 Å². The molecule has 1 aromatic carbocycles. The largest absolute Gasteiger partial charge is 0.490 e. The minimum atomic E-state index is -0.372. The van der Waals surface area contributed by atoms with Gasteiger partial charge in [-0.1, -0.05) is 0 Å². The number of methoxy groups -OCH3 is 1. The molecule has 0 unspecified atom stereocenters. The zero-order chi connectivity index (χ0) is 13.0. The van der Waals surface area contributed by atoms with Crippen molar-refractivity contribution in [3.63, 3.8) is 0 Å². The van der Waals surface area contributed by atoms with Gasteiger partial charge in [0.25, 0.3) is 0 Å². The van der Waals surface area contributed by atoms with Crippen LogP contribution in [0.2, 0.25) is 0 Å². The fraction of sp³-hybridized carbons (Fsp3) is 0.385. The average Bonchev–Trinajstić information content (AvgIpc) is 2.43. The Balaban J connectivity index is 2.04. The molecular weight excluding hydrogens is 234 g/mol. The third-order valence-corrected chi connectivity index (χ3v) is 2.76. The number of hydrogen-bond donors (Lipinski definition) is 1. The Hall–Kier alpha value is -2.04. The van der Waals surface area contributed by atoms with Crippen LogP contribution in [-0.2, 0) is 9.53 Å². The van der Waals surface area contributed by atoms with Crippen LogP contribution >= 0.6 is 0 Å². The summed E-state index contributed by atoms with van der Waals surface area (Å²) in [6.45, 7) is 1.36. The fourth-order valence-corrected chi connectivity index (χ4v) is 1.78. The molecule has 18 heavy (non-hydrogen) atoms. The second-order valence-electron chi connectivity index (χ2n) is 3.99. The van der Waals surface area contributed by atoms with E-state index in [2.05, 4.69) is 10.1 Å². The number of esters is 1. The molecule has 1 N–H and O–H groups in total. The first-order valence-electron chi connectivity index (χ1n) is 5.81. The van der Waals surface area contributed by atoms with Crippen LogP contribution in [0.25, 0.3) is 0 Å². The molecule has 2 rings (SSSR count). The smallest absolute Gasteiger partial charge is 0.305 e. The molecule has 0 radical (unpaired) electrons. The monoisotopic (exact) mass is 249 g/mol. The van der Waals surface area contributed by atoms with E-state index < -0.39 is 0 Å². The van der Waals surface area contributed by atoms with E-state index in [4.69, 9.17) is 4.74 Å². The molecule has 0 aromatic heterocycles. The molecule has 1 aliphatic rings. The number of carbonyl (C=O) groups is 2. The quantitative estimate of drug-likeness (QED) is 0.649. The van der Waals surface area contributed by atoms with Crippen molar-refractivity contribution >= 4 is 17.4 Å². The minimum absolute atomic E-state index is 0.0735. The summed E-state index contributed by atoms with van der Waals surface area (Å²) in [6, 6.07) is 5.24. The second-order valence-corrected chi connectivity index (χ2v) is 3.99. The molecule has 96 valence electrons. The molecule has 5 heteroatoms. The Kier molecular flexibility index (Phi) is 3.82. The average molecular weight is 249 g/mol. The van der Waals surface area contributed by atoms with Gasteiger partial charge in [-0.15, -0.1) is 0 Å². The number of carbonyl (C=O) groups excluding carboxylic acids is 2. The van der Waals surface area contributed by atoms with Gasteiger partial charge in [-0.05, 0) is 18.2 Å². The van der Waals surface area contributed by atoms with E-state index in [1.54, 1.807) is 18.2 Å². The molecule has 0 bridgehead atoms. The lowest BCUT2D eigenvalue weighted by Crippen LogP contribution is -2.18. The Morgan fingerprint density at radius 2 is 2.22 bits per heavy atom. The van der Waals surface area contributed by atoms with Gasteiger partial charge >= 0.3 is 5.97 Å². The van der Waals surface area contributed by atoms with Gasteiger partial charge in [0.15, 0.2) is 5.78 Å². The van der Waals surface area contributed by atoms with Gasteiger partial charge < -0.3 is 14.8 Å². The van der Waals surface area contributed by atoms with Gasteiger partial charge in [-0.3, -0.25) is 9.59 Å². The van der Waals surface area contributed by atoms with Gasteiger partial charge in [-0.25, -0.2) is 0 Å². The lowest BCUT2D eigenvalue weighted by Gasteiger charge is -2.19. The number of benzene rings is 1. The number of fused-ring (bicyclic) bond motifs is 1. The lowest BCUT2D eigenvalue weighted by molar-refractivity contribution is -0.140. The first-order chi connectivity index (χ1) is 8.70. The second kappa shape index (κ2) is 5.53. The van der Waals surface area contributed by atoms with E-state index in [0.717, 1.165) is 18.0 Å². The highest BCUT2D eigenvalue weighted by atomic mass is 16.5. The predicted molar refractivity (Wildman–Crippen MR) is 66.0 cm³/mol. The van der Waals surface area contributed by atoms with Gasteiger partial charge in [0.1, 0.15) is 12.4 Å². The van der Waals surface area contributed by atoms with Crippen LogP contribution in [0, 0.1) is 0 Å². The van der Waals surface area contributed by atoms with E-state index in [9.17, 15) is 9.59 Å². The van der Waals surface area contributed by atoms with Gasteiger partial charge in [0.2, 0.25) is 0 Å². The molecule has 0 saturated carbocycles. The van der Waals surface area contributed by atoms with Crippen molar-refractivity contribution < 1.29 is 19.1 Å². The molecule has 0 saturated heterocycles. The highest BCUT2D eigenvalue weighted by Crippen LogP contribution is 2.28. The van der Waals surface area contributed by atoms with E-state index in [1.807, 2.05) is 0 Å². The highest BCUT2D eigenvalue weighted by Gasteiger charge is 2.14. The van der Waals surface area contributed by atoms with Crippen molar-refractivity contribution in [3.05, 3.63) is 23.8 Å². The van der Waals surface area contributed by atoms with Crippen LogP contribution in [0.4, 0.5) is 5.69 Å². The number of anilines is 1. The van der Waals surface area contributed by atoms with E-state index in [-0.39, 0.29) is 24.6 Å². The summed E-state index contributed by atoms with van der Waals surface area (Å²) in [4.78, 5) is 22.8. The fourth-order valence-electron chi connectivity index (χ4n) is 1.78. The predicted octanol–water partition coefficient (Wildman–Crippen LogP) is 1.63. The molecular formula is C13H15NO4. The standard InChI is InChI=1S/C13H15NO4/c1-17-13(16)5-3-11(15)9-2-4-12-10(8-9)14-6-7-18-12/h2,4,8,14H,3,5-7H2,1H3. The van der Waals surface area contributed by atoms with Crippen molar-refractivity contribution in [3.8, 4) is 5.75 Å². The van der Waals surface area contributed by atoms with Crippen LogP contribution in [0.3, 0.4) is 0 Å². The van der Waals surface area contributed by atoms with Gasteiger partial charge in [0.05, 0.1) is 19.2 Å². The van der Waals surface area contributed by atoms with Crippen molar-refractivity contribution in [2.24, 2.45) is 0 Å². The molecule has 0 atom stereocenters. The highest BCUT2D eigenvalue weighted by molar-refractivity contribution is 5.98. The molecule has 0 aliphatic carbocycles. The van der Waals surface area contributed by atoms with Crippen LogP contribution in [0.1, 0.15) is 23.2 Å². The van der Waals surface area contributed by atoms with Crippen LogP contribution < -0.4 is 10.1 Å². The molecule has 0 fully saturated rings. The molecule has 0 amide bonds. The first-order valence-corrected chi connectivity index (χ1v) is 5.81. The number of ketones is 1. The maximum atomic E-state index is 11.9. The lowest BCUT2D eigenvalue weighted by atomic mass is 10.1. The van der Waals surface area contributed by atoms with E-state index in [1.165, 1.54) is 7.11 Å². The first kappa shape index (κ1) is 12.4. The summed E-state index contributed by atoms with van der Waals surface area (Å²) in [7, 11) is 1.31. The van der Waals surface area contributed by atoms with Crippen molar-refractivity contribution in [1.82, 2.24) is 0 Å². The molecule has 1 aliphatic heterocycles. The number of nitrogens with one attached hydrogen (secondary N) is 1. The maximum Gasteiger partial charge on any atom is 0.305 e.